The van der Waals surface area contributed by atoms with Gasteiger partial charge in [-0.2, -0.15) is 0 Å². The van der Waals surface area contributed by atoms with E-state index in [-0.39, 0.29) is 0 Å². The molecule has 0 nitrogen and oxygen atoms in total. The van der Waals surface area contributed by atoms with E-state index >= 15 is 0 Å². The summed E-state index contributed by atoms with van der Waals surface area (Å²) in [6.07, 6.45) is 2.25. The summed E-state index contributed by atoms with van der Waals surface area (Å²) in [5.41, 5.74) is 11.7. The standard InChI is InChI=1S/C30H24/c1-3-11-21(12-4-1)28-26-17-9-7-15-23(26)19-25-20-24-16-8-10-18-27(24)29(30(25)28)22-13-5-2-6-14-22/h1-18,25,28H,19-20H2. The number of allylic oxidation sites excluding steroid dienone is 1. The Morgan fingerprint density at radius 2 is 1.13 bits per heavy atom. The molecule has 0 amide bonds. The molecule has 2 atom stereocenters. The highest BCUT2D eigenvalue weighted by Crippen LogP contribution is 2.51. The Morgan fingerprint density at radius 1 is 0.533 bits per heavy atom. The van der Waals surface area contributed by atoms with Crippen molar-refractivity contribution in [3.8, 4) is 0 Å². The van der Waals surface area contributed by atoms with Gasteiger partial charge in [0.25, 0.3) is 0 Å². The molecule has 0 heteroatoms. The van der Waals surface area contributed by atoms with E-state index in [1.807, 2.05) is 0 Å². The number of hydrogen-bond donors (Lipinski definition) is 0. The molecule has 144 valence electrons. The summed E-state index contributed by atoms with van der Waals surface area (Å²) < 4.78 is 0. The molecule has 0 N–H and O–H groups in total. The molecule has 0 radical (unpaired) electrons. The zero-order valence-electron chi connectivity index (χ0n) is 17.0. The molecule has 0 fully saturated rings. The van der Waals surface area contributed by atoms with E-state index in [1.54, 1.807) is 5.57 Å². The number of benzene rings is 4. The Kier molecular flexibility index (Phi) is 4.16. The highest BCUT2D eigenvalue weighted by atomic mass is 14.4. The minimum atomic E-state index is 0.310. The number of rotatable bonds is 2. The Hall–Kier alpha value is -3.38. The zero-order valence-corrected chi connectivity index (χ0v) is 17.0. The predicted molar refractivity (Wildman–Crippen MR) is 125 cm³/mol. The zero-order chi connectivity index (χ0) is 19.9. The molecule has 0 saturated heterocycles. The van der Waals surface area contributed by atoms with Crippen LogP contribution in [0.15, 0.2) is 115 Å². The third-order valence-corrected chi connectivity index (χ3v) is 6.82. The van der Waals surface area contributed by atoms with Crippen LogP contribution in [0, 0.1) is 5.92 Å². The van der Waals surface area contributed by atoms with E-state index in [0.29, 0.717) is 11.8 Å². The quantitative estimate of drug-likeness (QED) is 0.347. The van der Waals surface area contributed by atoms with Crippen molar-refractivity contribution in [2.24, 2.45) is 5.92 Å². The van der Waals surface area contributed by atoms with Gasteiger partial charge in [0, 0.05) is 5.92 Å². The van der Waals surface area contributed by atoms with Crippen LogP contribution in [0.5, 0.6) is 0 Å². The van der Waals surface area contributed by atoms with Crippen LogP contribution in [0.25, 0.3) is 5.57 Å². The smallest absolute Gasteiger partial charge is 0.0314 e. The fourth-order valence-electron chi connectivity index (χ4n) is 5.61. The van der Waals surface area contributed by atoms with Gasteiger partial charge in [0.2, 0.25) is 0 Å². The summed E-state index contributed by atoms with van der Waals surface area (Å²) in [5.74, 6) is 0.847. The molecule has 0 aliphatic heterocycles. The molecule has 0 saturated carbocycles. The lowest BCUT2D eigenvalue weighted by molar-refractivity contribution is 0.539. The highest BCUT2D eigenvalue weighted by Gasteiger charge is 2.38. The SMILES string of the molecule is c1ccc(C2=C3C(Cc4ccccc42)Cc2ccccc2C3c2ccccc2)cc1. The van der Waals surface area contributed by atoms with Crippen LogP contribution in [0.2, 0.25) is 0 Å². The predicted octanol–water partition coefficient (Wildman–Crippen LogP) is 7.05. The summed E-state index contributed by atoms with van der Waals surface area (Å²) >= 11 is 0. The Labute approximate surface area is 178 Å². The average molecular weight is 385 g/mol. The van der Waals surface area contributed by atoms with Gasteiger partial charge in [-0.15, -0.1) is 0 Å². The van der Waals surface area contributed by atoms with E-state index in [2.05, 4.69) is 109 Å². The molecule has 30 heavy (non-hydrogen) atoms. The monoisotopic (exact) mass is 384 g/mol. The Balaban J connectivity index is 1.71. The second kappa shape index (κ2) is 7.15. The lowest BCUT2D eigenvalue weighted by atomic mass is 9.63. The molecular weight excluding hydrogens is 360 g/mol. The van der Waals surface area contributed by atoms with E-state index < -0.39 is 0 Å². The molecule has 2 aliphatic rings. The molecule has 2 aliphatic carbocycles. The van der Waals surface area contributed by atoms with Crippen LogP contribution in [-0.2, 0) is 12.8 Å². The largest absolute Gasteiger partial charge is 0.0622 e. The fraction of sp³-hybridized carbons (Fsp3) is 0.133. The molecule has 0 heterocycles. The van der Waals surface area contributed by atoms with Gasteiger partial charge in [0.15, 0.2) is 0 Å². The summed E-state index contributed by atoms with van der Waals surface area (Å²) in [6.45, 7) is 0. The van der Waals surface area contributed by atoms with Crippen molar-refractivity contribution >= 4 is 5.57 Å². The minimum absolute atomic E-state index is 0.310. The van der Waals surface area contributed by atoms with Crippen molar-refractivity contribution in [1.82, 2.24) is 0 Å². The van der Waals surface area contributed by atoms with Gasteiger partial charge in [-0.25, -0.2) is 0 Å². The van der Waals surface area contributed by atoms with Crippen LogP contribution < -0.4 is 0 Å². The molecule has 4 aromatic carbocycles. The van der Waals surface area contributed by atoms with E-state index in [0.717, 1.165) is 12.8 Å². The maximum Gasteiger partial charge on any atom is 0.0314 e. The van der Waals surface area contributed by atoms with Gasteiger partial charge >= 0.3 is 0 Å². The number of fused-ring (bicyclic) bond motifs is 3. The van der Waals surface area contributed by atoms with Crippen LogP contribution in [0.3, 0.4) is 0 Å². The molecule has 2 unspecified atom stereocenters. The first kappa shape index (κ1) is 17.5. The minimum Gasteiger partial charge on any atom is -0.0622 e. The maximum atomic E-state index is 2.35. The second-order valence-corrected chi connectivity index (χ2v) is 8.50. The Morgan fingerprint density at radius 3 is 1.93 bits per heavy atom. The molecule has 0 spiro atoms. The summed E-state index contributed by atoms with van der Waals surface area (Å²) in [5, 5.41) is 0. The van der Waals surface area contributed by atoms with Gasteiger partial charge < -0.3 is 0 Å². The van der Waals surface area contributed by atoms with Crippen LogP contribution in [-0.4, -0.2) is 0 Å². The second-order valence-electron chi connectivity index (χ2n) is 8.50. The van der Waals surface area contributed by atoms with Crippen molar-refractivity contribution < 1.29 is 0 Å². The molecule has 0 aromatic heterocycles. The first-order chi connectivity index (χ1) is 14.9. The van der Waals surface area contributed by atoms with Crippen molar-refractivity contribution in [2.75, 3.05) is 0 Å². The van der Waals surface area contributed by atoms with Crippen LogP contribution in [0.1, 0.15) is 39.3 Å². The lowest BCUT2D eigenvalue weighted by Gasteiger charge is -2.40. The molecule has 6 rings (SSSR count). The van der Waals surface area contributed by atoms with Gasteiger partial charge in [0.1, 0.15) is 0 Å². The summed E-state index contributed by atoms with van der Waals surface area (Å²) in [6, 6.07) is 40.2. The topological polar surface area (TPSA) is 0 Å². The normalized spacial score (nSPS) is 19.6. The van der Waals surface area contributed by atoms with Crippen LogP contribution >= 0.6 is 0 Å². The van der Waals surface area contributed by atoms with Gasteiger partial charge in [-0.1, -0.05) is 109 Å². The van der Waals surface area contributed by atoms with E-state index in [1.165, 1.54) is 39.0 Å². The third-order valence-electron chi connectivity index (χ3n) is 6.82. The van der Waals surface area contributed by atoms with E-state index in [9.17, 15) is 0 Å². The van der Waals surface area contributed by atoms with Crippen molar-refractivity contribution in [3.05, 3.63) is 148 Å². The van der Waals surface area contributed by atoms with Gasteiger partial charge in [-0.05, 0) is 63.3 Å². The third kappa shape index (κ3) is 2.75. The van der Waals surface area contributed by atoms with Crippen molar-refractivity contribution in [2.45, 2.75) is 18.8 Å². The van der Waals surface area contributed by atoms with Gasteiger partial charge in [0.05, 0.1) is 0 Å². The first-order valence-electron chi connectivity index (χ1n) is 10.9. The van der Waals surface area contributed by atoms with E-state index in [4.69, 9.17) is 0 Å². The Bertz CT molecular complexity index is 1230. The first-order valence-corrected chi connectivity index (χ1v) is 10.9. The van der Waals surface area contributed by atoms with Crippen molar-refractivity contribution in [3.63, 3.8) is 0 Å². The van der Waals surface area contributed by atoms with Crippen molar-refractivity contribution in [1.29, 1.82) is 0 Å². The van der Waals surface area contributed by atoms with Gasteiger partial charge in [-0.3, -0.25) is 0 Å². The average Bonchev–Trinajstić information content (AvgIpc) is 2.82. The fourth-order valence-corrected chi connectivity index (χ4v) is 5.61. The lowest BCUT2D eigenvalue weighted by Crippen LogP contribution is -2.29. The molecule has 0 bridgehead atoms. The molecular formula is C30H24. The summed E-state index contributed by atoms with van der Waals surface area (Å²) in [4.78, 5) is 0. The summed E-state index contributed by atoms with van der Waals surface area (Å²) in [7, 11) is 0. The maximum absolute atomic E-state index is 2.35. The highest BCUT2D eigenvalue weighted by molar-refractivity contribution is 5.87. The molecule has 4 aromatic rings. The number of hydrogen-bond acceptors (Lipinski definition) is 0. The van der Waals surface area contributed by atoms with Crippen LogP contribution in [0.4, 0.5) is 0 Å².